The number of hydrogen-bond acceptors (Lipinski definition) is 3. The maximum atomic E-state index is 6.11. The normalized spacial score (nSPS) is 31.8. The van der Waals surface area contributed by atoms with Gasteiger partial charge in [0.05, 0.1) is 0 Å². The van der Waals surface area contributed by atoms with Crippen molar-refractivity contribution in [3.63, 3.8) is 0 Å². The summed E-state index contributed by atoms with van der Waals surface area (Å²) in [5, 5.41) is 6.87. The van der Waals surface area contributed by atoms with E-state index in [0.29, 0.717) is 21.9 Å². The molecule has 1 unspecified atom stereocenters. The van der Waals surface area contributed by atoms with E-state index in [1.165, 1.54) is 11.3 Å². The Hall–Kier alpha value is -0.350. The summed E-state index contributed by atoms with van der Waals surface area (Å²) in [4.78, 5) is 0. The van der Waals surface area contributed by atoms with E-state index >= 15 is 0 Å². The molecule has 2 aliphatic rings. The van der Waals surface area contributed by atoms with Crippen molar-refractivity contribution < 1.29 is 0 Å². The number of rotatable bonds is 2. The van der Waals surface area contributed by atoms with Crippen LogP contribution in [0.1, 0.15) is 25.3 Å². The number of halogens is 2. The van der Waals surface area contributed by atoms with Gasteiger partial charge in [0.25, 0.3) is 0 Å². The first-order valence-corrected chi connectivity index (χ1v) is 7.93. The maximum absolute atomic E-state index is 6.11. The molecule has 1 aliphatic carbocycles. The number of hydrogen-bond donors (Lipinski definition) is 2. The molecule has 1 aromatic rings. The maximum Gasteiger partial charge on any atom is 0.127 e. The smallest absolute Gasteiger partial charge is 0.127 e. The van der Waals surface area contributed by atoms with E-state index < -0.39 is 0 Å². The third kappa shape index (κ3) is 2.38. The van der Waals surface area contributed by atoms with Crippen molar-refractivity contribution in [1.82, 2.24) is 5.32 Å². The molecule has 1 aliphatic heterocycles. The van der Waals surface area contributed by atoms with Crippen LogP contribution in [0.2, 0.25) is 10.0 Å². The quantitative estimate of drug-likeness (QED) is 0.861. The third-order valence-electron chi connectivity index (χ3n) is 4.06. The van der Waals surface area contributed by atoms with Gasteiger partial charge < -0.3 is 11.1 Å². The van der Waals surface area contributed by atoms with Crippen molar-refractivity contribution in [2.45, 2.75) is 25.3 Å². The lowest BCUT2D eigenvalue weighted by Gasteiger charge is -2.08. The first kappa shape index (κ1) is 13.6. The summed E-state index contributed by atoms with van der Waals surface area (Å²) in [6.07, 6.45) is 0. The van der Waals surface area contributed by atoms with Crippen molar-refractivity contribution in [2.75, 3.05) is 0 Å². The molecular weight excluding hydrogens is 299 g/mol. The zero-order valence-electron chi connectivity index (χ0n) is 10.8. The van der Waals surface area contributed by atoms with Crippen LogP contribution in [0.15, 0.2) is 29.3 Å². The van der Waals surface area contributed by atoms with Gasteiger partial charge in [0, 0.05) is 21.7 Å². The van der Waals surface area contributed by atoms with Gasteiger partial charge in [-0.05, 0) is 40.5 Å². The Morgan fingerprint density at radius 1 is 1.16 bits per heavy atom. The van der Waals surface area contributed by atoms with Gasteiger partial charge in [-0.1, -0.05) is 48.8 Å². The standard InChI is InChI=1S/C14H16Cl2N2S/c1-14(2)11(7-3-8(15)5-9(16)4-7)12(14)10-6-19-13(17)18-10/h3-6,11-13,18H,17H2,1-2H3/t11-,12-,13?/m1/s1. The van der Waals surface area contributed by atoms with Crippen LogP contribution in [0, 0.1) is 11.3 Å². The molecule has 3 rings (SSSR count). The van der Waals surface area contributed by atoms with Crippen LogP contribution in [0.5, 0.6) is 0 Å². The number of thioether (sulfide) groups is 1. The highest BCUT2D eigenvalue weighted by molar-refractivity contribution is 8.02. The van der Waals surface area contributed by atoms with Crippen molar-refractivity contribution >= 4 is 35.0 Å². The molecule has 0 bridgehead atoms. The van der Waals surface area contributed by atoms with Crippen molar-refractivity contribution in [3.05, 3.63) is 44.9 Å². The Morgan fingerprint density at radius 3 is 2.32 bits per heavy atom. The molecule has 1 aromatic carbocycles. The zero-order chi connectivity index (χ0) is 13.8. The fraction of sp³-hybridized carbons (Fsp3) is 0.429. The Labute approximate surface area is 127 Å². The van der Waals surface area contributed by atoms with Crippen LogP contribution in [0.4, 0.5) is 0 Å². The van der Waals surface area contributed by atoms with Crippen LogP contribution in [0.3, 0.4) is 0 Å². The monoisotopic (exact) mass is 314 g/mol. The van der Waals surface area contributed by atoms with Gasteiger partial charge in [-0.25, -0.2) is 0 Å². The highest BCUT2D eigenvalue weighted by Crippen LogP contribution is 2.67. The number of nitrogens with two attached hydrogens (primary N) is 1. The average Bonchev–Trinajstić information content (AvgIpc) is 2.63. The van der Waals surface area contributed by atoms with Gasteiger partial charge in [0.2, 0.25) is 0 Å². The summed E-state index contributed by atoms with van der Waals surface area (Å²) < 4.78 is 0. The summed E-state index contributed by atoms with van der Waals surface area (Å²) in [6.45, 7) is 4.54. The molecule has 1 fully saturated rings. The average molecular weight is 315 g/mol. The van der Waals surface area contributed by atoms with Gasteiger partial charge >= 0.3 is 0 Å². The summed E-state index contributed by atoms with van der Waals surface area (Å²) >= 11 is 13.8. The Kier molecular flexibility index (Phi) is 3.29. The molecular formula is C14H16Cl2N2S. The predicted octanol–water partition coefficient (Wildman–Crippen LogP) is 4.15. The summed E-state index contributed by atoms with van der Waals surface area (Å²) in [6, 6.07) is 5.81. The first-order valence-electron chi connectivity index (χ1n) is 6.23. The van der Waals surface area contributed by atoms with Crippen LogP contribution in [-0.2, 0) is 0 Å². The molecule has 1 saturated carbocycles. The second-order valence-electron chi connectivity index (χ2n) is 5.75. The summed E-state index contributed by atoms with van der Waals surface area (Å²) in [5.74, 6) is 0.899. The van der Waals surface area contributed by atoms with E-state index in [2.05, 4.69) is 24.6 Å². The SMILES string of the molecule is CC1(C)[C@H](C2=CSC(N)N2)[C@H]1c1cc(Cl)cc(Cl)c1. The summed E-state index contributed by atoms with van der Waals surface area (Å²) in [7, 11) is 0. The molecule has 0 saturated heterocycles. The minimum absolute atomic E-state index is 0.0185. The summed E-state index contributed by atoms with van der Waals surface area (Å²) in [5.41, 5.74) is 8.50. The first-order chi connectivity index (χ1) is 8.89. The van der Waals surface area contributed by atoms with E-state index in [4.69, 9.17) is 28.9 Å². The Bertz CT molecular complexity index is 536. The van der Waals surface area contributed by atoms with Gasteiger partial charge in [0.1, 0.15) is 5.50 Å². The largest absolute Gasteiger partial charge is 0.364 e. The molecule has 0 spiro atoms. The van der Waals surface area contributed by atoms with E-state index in [1.54, 1.807) is 17.8 Å². The molecule has 0 radical (unpaired) electrons. The lowest BCUT2D eigenvalue weighted by molar-refractivity contribution is 0.566. The molecule has 0 amide bonds. The number of nitrogens with one attached hydrogen (secondary N) is 1. The minimum Gasteiger partial charge on any atom is -0.364 e. The van der Waals surface area contributed by atoms with E-state index in [-0.39, 0.29) is 10.9 Å². The molecule has 19 heavy (non-hydrogen) atoms. The lowest BCUT2D eigenvalue weighted by atomic mass is 10.0. The number of allylic oxidation sites excluding steroid dienone is 1. The fourth-order valence-electron chi connectivity index (χ4n) is 3.14. The third-order valence-corrected chi connectivity index (χ3v) is 5.29. The zero-order valence-corrected chi connectivity index (χ0v) is 13.1. The van der Waals surface area contributed by atoms with Gasteiger partial charge in [-0.15, -0.1) is 0 Å². The van der Waals surface area contributed by atoms with E-state index in [1.807, 2.05) is 12.1 Å². The van der Waals surface area contributed by atoms with Gasteiger partial charge in [-0.2, -0.15) is 0 Å². The molecule has 1 heterocycles. The van der Waals surface area contributed by atoms with Gasteiger partial charge in [0.15, 0.2) is 0 Å². The van der Waals surface area contributed by atoms with Crippen LogP contribution in [0.25, 0.3) is 0 Å². The van der Waals surface area contributed by atoms with Crippen LogP contribution in [-0.4, -0.2) is 5.50 Å². The highest BCUT2D eigenvalue weighted by Gasteiger charge is 2.60. The lowest BCUT2D eigenvalue weighted by Crippen LogP contribution is -2.30. The molecule has 3 N–H and O–H groups in total. The molecule has 0 aromatic heterocycles. The second-order valence-corrected chi connectivity index (χ2v) is 7.64. The van der Waals surface area contributed by atoms with Crippen LogP contribution < -0.4 is 11.1 Å². The van der Waals surface area contributed by atoms with Crippen molar-refractivity contribution in [2.24, 2.45) is 17.1 Å². The molecule has 3 atom stereocenters. The van der Waals surface area contributed by atoms with Gasteiger partial charge in [-0.3, -0.25) is 0 Å². The Morgan fingerprint density at radius 2 is 1.79 bits per heavy atom. The topological polar surface area (TPSA) is 38.0 Å². The highest BCUT2D eigenvalue weighted by atomic mass is 35.5. The number of benzene rings is 1. The van der Waals surface area contributed by atoms with Crippen molar-refractivity contribution in [1.29, 1.82) is 0 Å². The van der Waals surface area contributed by atoms with Crippen LogP contribution >= 0.6 is 35.0 Å². The minimum atomic E-state index is -0.0185. The van der Waals surface area contributed by atoms with Crippen molar-refractivity contribution in [3.8, 4) is 0 Å². The van der Waals surface area contributed by atoms with E-state index in [9.17, 15) is 0 Å². The predicted molar refractivity (Wildman–Crippen MR) is 83.3 cm³/mol. The fourth-order valence-corrected chi connectivity index (χ4v) is 4.39. The van der Waals surface area contributed by atoms with E-state index in [0.717, 1.165) is 0 Å². The second kappa shape index (κ2) is 4.59. The molecule has 102 valence electrons. The molecule has 2 nitrogen and oxygen atoms in total. The molecule has 5 heteroatoms. The Balaban J connectivity index is 1.90.